The second kappa shape index (κ2) is 4.86. The highest BCUT2D eigenvalue weighted by Crippen LogP contribution is 2.32. The van der Waals surface area contributed by atoms with Gasteiger partial charge in [-0.05, 0) is 29.7 Å². The highest BCUT2D eigenvalue weighted by Gasteiger charge is 2.09. The van der Waals surface area contributed by atoms with E-state index in [9.17, 15) is 5.11 Å². The van der Waals surface area contributed by atoms with Crippen LogP contribution in [-0.2, 0) is 13.0 Å². The summed E-state index contributed by atoms with van der Waals surface area (Å²) in [6.45, 7) is 2.00. The first-order valence-corrected chi connectivity index (χ1v) is 4.72. The van der Waals surface area contributed by atoms with E-state index in [0.717, 1.165) is 24.0 Å². The third-order valence-electron chi connectivity index (χ3n) is 2.14. The molecule has 0 amide bonds. The van der Waals surface area contributed by atoms with Gasteiger partial charge in [-0.15, -0.1) is 0 Å². The molecule has 0 radical (unpaired) electrons. The van der Waals surface area contributed by atoms with Crippen LogP contribution in [0.25, 0.3) is 0 Å². The summed E-state index contributed by atoms with van der Waals surface area (Å²) in [4.78, 5) is 0. The number of benzene rings is 1. The topological polar surface area (TPSA) is 49.7 Å². The summed E-state index contributed by atoms with van der Waals surface area (Å²) in [7, 11) is 1.51. The number of phenolic OH excluding ortho intramolecular Hbond substituents is 1. The van der Waals surface area contributed by atoms with Gasteiger partial charge in [0.1, 0.15) is 0 Å². The maximum absolute atomic E-state index is 9.73. The molecular formula is C11H16O3. The Morgan fingerprint density at radius 1 is 1.36 bits per heavy atom. The smallest absolute Gasteiger partial charge is 0.161 e. The molecule has 0 bridgehead atoms. The van der Waals surface area contributed by atoms with Crippen LogP contribution in [-0.4, -0.2) is 17.3 Å². The summed E-state index contributed by atoms with van der Waals surface area (Å²) in [5.74, 6) is 0.617. The standard InChI is InChI=1S/C11H16O3/c1-3-4-9-5-8(7-12)6-10(14-2)11(9)13/h5-6,12-13H,3-4,7H2,1-2H3. The van der Waals surface area contributed by atoms with E-state index in [-0.39, 0.29) is 12.4 Å². The summed E-state index contributed by atoms with van der Waals surface area (Å²) in [6.07, 6.45) is 1.74. The molecule has 0 atom stereocenters. The first kappa shape index (κ1) is 10.9. The largest absolute Gasteiger partial charge is 0.504 e. The molecule has 0 aliphatic rings. The molecule has 3 heteroatoms. The monoisotopic (exact) mass is 196 g/mol. The minimum absolute atomic E-state index is 0.0344. The van der Waals surface area contributed by atoms with Gasteiger partial charge in [0.15, 0.2) is 11.5 Å². The van der Waals surface area contributed by atoms with Crippen LogP contribution in [0.15, 0.2) is 12.1 Å². The molecule has 1 aromatic carbocycles. The number of ether oxygens (including phenoxy) is 1. The fourth-order valence-electron chi connectivity index (χ4n) is 1.44. The summed E-state index contributed by atoms with van der Waals surface area (Å²) in [5, 5.41) is 18.7. The molecule has 1 aromatic rings. The highest BCUT2D eigenvalue weighted by atomic mass is 16.5. The summed E-state index contributed by atoms with van der Waals surface area (Å²) in [5.41, 5.74) is 1.60. The van der Waals surface area contributed by atoms with E-state index in [4.69, 9.17) is 9.84 Å². The van der Waals surface area contributed by atoms with Gasteiger partial charge in [-0.3, -0.25) is 0 Å². The van der Waals surface area contributed by atoms with E-state index in [0.29, 0.717) is 5.75 Å². The van der Waals surface area contributed by atoms with E-state index in [1.807, 2.05) is 6.92 Å². The molecule has 0 aliphatic carbocycles. The number of hydrogen-bond donors (Lipinski definition) is 2. The Balaban J connectivity index is 3.12. The minimum atomic E-state index is -0.0344. The zero-order valence-electron chi connectivity index (χ0n) is 8.58. The molecule has 0 spiro atoms. The lowest BCUT2D eigenvalue weighted by molar-refractivity contribution is 0.280. The third-order valence-corrected chi connectivity index (χ3v) is 2.14. The van der Waals surface area contributed by atoms with Crippen LogP contribution in [0.3, 0.4) is 0 Å². The highest BCUT2D eigenvalue weighted by molar-refractivity contribution is 5.48. The summed E-state index contributed by atoms with van der Waals surface area (Å²) < 4.78 is 5.01. The van der Waals surface area contributed by atoms with Crippen LogP contribution in [0.2, 0.25) is 0 Å². The van der Waals surface area contributed by atoms with Gasteiger partial charge in [-0.1, -0.05) is 13.3 Å². The fourth-order valence-corrected chi connectivity index (χ4v) is 1.44. The second-order valence-corrected chi connectivity index (χ2v) is 3.21. The Morgan fingerprint density at radius 3 is 2.57 bits per heavy atom. The van der Waals surface area contributed by atoms with E-state index in [1.165, 1.54) is 7.11 Å². The van der Waals surface area contributed by atoms with Crippen molar-refractivity contribution in [2.75, 3.05) is 7.11 Å². The zero-order chi connectivity index (χ0) is 10.6. The Kier molecular flexibility index (Phi) is 3.77. The minimum Gasteiger partial charge on any atom is -0.504 e. The predicted molar refractivity (Wildman–Crippen MR) is 54.6 cm³/mol. The molecule has 0 heterocycles. The fraction of sp³-hybridized carbons (Fsp3) is 0.455. The molecule has 0 fully saturated rings. The van der Waals surface area contributed by atoms with Crippen molar-refractivity contribution >= 4 is 0 Å². The first-order valence-electron chi connectivity index (χ1n) is 4.72. The molecular weight excluding hydrogens is 180 g/mol. The van der Waals surface area contributed by atoms with E-state index in [2.05, 4.69) is 0 Å². The van der Waals surface area contributed by atoms with Gasteiger partial charge in [0.25, 0.3) is 0 Å². The van der Waals surface area contributed by atoms with Crippen LogP contribution in [0.5, 0.6) is 11.5 Å². The number of phenols is 1. The molecule has 0 aromatic heterocycles. The van der Waals surface area contributed by atoms with Crippen LogP contribution in [0.4, 0.5) is 0 Å². The van der Waals surface area contributed by atoms with Gasteiger partial charge >= 0.3 is 0 Å². The van der Waals surface area contributed by atoms with Crippen LogP contribution in [0.1, 0.15) is 24.5 Å². The van der Waals surface area contributed by atoms with Crippen molar-refractivity contribution in [1.29, 1.82) is 0 Å². The van der Waals surface area contributed by atoms with Crippen molar-refractivity contribution < 1.29 is 14.9 Å². The molecule has 0 saturated carbocycles. The lowest BCUT2D eigenvalue weighted by atomic mass is 10.0. The van der Waals surface area contributed by atoms with Gasteiger partial charge in [-0.25, -0.2) is 0 Å². The third kappa shape index (κ3) is 2.17. The van der Waals surface area contributed by atoms with E-state index >= 15 is 0 Å². The van der Waals surface area contributed by atoms with Gasteiger partial charge in [0.05, 0.1) is 13.7 Å². The predicted octanol–water partition coefficient (Wildman–Crippen LogP) is 1.85. The lowest BCUT2D eigenvalue weighted by Crippen LogP contribution is -1.93. The average molecular weight is 196 g/mol. The van der Waals surface area contributed by atoms with E-state index in [1.54, 1.807) is 12.1 Å². The number of aliphatic hydroxyl groups is 1. The quantitative estimate of drug-likeness (QED) is 0.772. The molecule has 1 rings (SSSR count). The molecule has 0 aliphatic heterocycles. The SMILES string of the molecule is CCCc1cc(CO)cc(OC)c1O. The Morgan fingerprint density at radius 2 is 2.07 bits per heavy atom. The van der Waals surface area contributed by atoms with Crippen molar-refractivity contribution in [3.05, 3.63) is 23.3 Å². The van der Waals surface area contributed by atoms with Gasteiger partial charge in [-0.2, -0.15) is 0 Å². The maximum atomic E-state index is 9.73. The van der Waals surface area contributed by atoms with Gasteiger partial charge in [0.2, 0.25) is 0 Å². The first-order chi connectivity index (χ1) is 6.72. The normalized spacial score (nSPS) is 10.2. The second-order valence-electron chi connectivity index (χ2n) is 3.21. The molecule has 0 saturated heterocycles. The van der Waals surface area contributed by atoms with Gasteiger partial charge < -0.3 is 14.9 Å². The number of aliphatic hydroxyl groups excluding tert-OH is 1. The molecule has 78 valence electrons. The van der Waals surface area contributed by atoms with Crippen molar-refractivity contribution in [2.24, 2.45) is 0 Å². The van der Waals surface area contributed by atoms with E-state index < -0.39 is 0 Å². The van der Waals surface area contributed by atoms with Crippen molar-refractivity contribution in [2.45, 2.75) is 26.4 Å². The molecule has 0 unspecified atom stereocenters. The average Bonchev–Trinajstić information content (AvgIpc) is 2.21. The zero-order valence-corrected chi connectivity index (χ0v) is 8.58. The van der Waals surface area contributed by atoms with Crippen molar-refractivity contribution in [3.63, 3.8) is 0 Å². The Bertz CT molecular complexity index is 308. The van der Waals surface area contributed by atoms with Crippen molar-refractivity contribution in [1.82, 2.24) is 0 Å². The number of hydrogen-bond acceptors (Lipinski definition) is 3. The van der Waals surface area contributed by atoms with Crippen LogP contribution >= 0.6 is 0 Å². The van der Waals surface area contributed by atoms with Crippen LogP contribution in [0, 0.1) is 0 Å². The number of methoxy groups -OCH3 is 1. The number of rotatable bonds is 4. The Labute approximate surface area is 84.0 Å². The van der Waals surface area contributed by atoms with Crippen molar-refractivity contribution in [3.8, 4) is 11.5 Å². The van der Waals surface area contributed by atoms with Crippen LogP contribution < -0.4 is 4.74 Å². The molecule has 14 heavy (non-hydrogen) atoms. The maximum Gasteiger partial charge on any atom is 0.161 e. The molecule has 3 nitrogen and oxygen atoms in total. The van der Waals surface area contributed by atoms with Gasteiger partial charge in [0, 0.05) is 0 Å². The Hall–Kier alpha value is -1.22. The number of aryl methyl sites for hydroxylation is 1. The lowest BCUT2D eigenvalue weighted by Gasteiger charge is -2.10. The number of aromatic hydroxyl groups is 1. The molecule has 2 N–H and O–H groups in total. The summed E-state index contributed by atoms with van der Waals surface area (Å²) in [6, 6.07) is 3.45. The summed E-state index contributed by atoms with van der Waals surface area (Å²) >= 11 is 0.